The number of fused-ring (bicyclic) bond motifs is 1. The zero-order valence-electron chi connectivity index (χ0n) is 18.2. The van der Waals surface area contributed by atoms with Crippen molar-refractivity contribution in [3.8, 4) is 10.4 Å². The molecule has 4 aromatic rings. The third-order valence-electron chi connectivity index (χ3n) is 5.01. The van der Waals surface area contributed by atoms with E-state index in [1.54, 1.807) is 6.07 Å². The summed E-state index contributed by atoms with van der Waals surface area (Å²) in [7, 11) is 2.42. The summed E-state index contributed by atoms with van der Waals surface area (Å²) in [6.45, 7) is -0.346. The number of hydrogen-bond donors (Lipinski definition) is 1. The van der Waals surface area contributed by atoms with E-state index < -0.39 is 17.8 Å². The number of hydrogen-bond acceptors (Lipinski definition) is 8. The number of thiophene rings is 1. The number of nitrogens with zero attached hydrogens (tertiary/aromatic N) is 2. The van der Waals surface area contributed by atoms with E-state index in [0.717, 1.165) is 10.4 Å². The maximum absolute atomic E-state index is 13.0. The smallest absolute Gasteiger partial charge is 0.339 e. The van der Waals surface area contributed by atoms with Crippen LogP contribution < -0.4 is 10.9 Å². The Labute approximate surface area is 197 Å². The van der Waals surface area contributed by atoms with Crippen molar-refractivity contribution in [1.29, 1.82) is 0 Å². The van der Waals surface area contributed by atoms with E-state index in [-0.39, 0.29) is 28.9 Å². The number of anilines is 1. The molecule has 10 heteroatoms. The molecule has 0 spiro atoms. The number of carbonyl (C=O) groups excluding carboxylic acids is 3. The quantitative estimate of drug-likeness (QED) is 0.423. The lowest BCUT2D eigenvalue weighted by molar-refractivity contribution is -0.116. The van der Waals surface area contributed by atoms with Gasteiger partial charge in [-0.2, -0.15) is 0 Å². The minimum absolute atomic E-state index is 0.0507. The largest absolute Gasteiger partial charge is 0.465 e. The van der Waals surface area contributed by atoms with Gasteiger partial charge in [-0.1, -0.05) is 30.3 Å². The van der Waals surface area contributed by atoms with Crippen molar-refractivity contribution >= 4 is 45.1 Å². The molecule has 0 aliphatic heterocycles. The van der Waals surface area contributed by atoms with Gasteiger partial charge in [0.15, 0.2) is 0 Å². The second-order valence-corrected chi connectivity index (χ2v) is 8.20. The van der Waals surface area contributed by atoms with Crippen molar-refractivity contribution in [2.75, 3.05) is 19.5 Å². The highest BCUT2D eigenvalue weighted by Crippen LogP contribution is 2.30. The lowest BCUT2D eigenvalue weighted by atomic mass is 10.1. The summed E-state index contributed by atoms with van der Waals surface area (Å²) in [5.74, 6) is -1.92. The molecule has 2 aromatic heterocycles. The lowest BCUT2D eigenvalue weighted by Crippen LogP contribution is -2.28. The second kappa shape index (κ2) is 9.67. The summed E-state index contributed by atoms with van der Waals surface area (Å²) < 4.78 is 10.6. The van der Waals surface area contributed by atoms with Crippen LogP contribution in [0.15, 0.2) is 65.7 Å². The first-order valence-corrected chi connectivity index (χ1v) is 10.9. The molecule has 0 bridgehead atoms. The minimum Gasteiger partial charge on any atom is -0.465 e. The molecule has 0 unspecified atom stereocenters. The van der Waals surface area contributed by atoms with Crippen LogP contribution in [-0.4, -0.2) is 41.6 Å². The average Bonchev–Trinajstić information content (AvgIpc) is 3.30. The molecule has 1 N–H and O–H groups in total. The first-order valence-electron chi connectivity index (χ1n) is 10.1. The van der Waals surface area contributed by atoms with Crippen molar-refractivity contribution < 1.29 is 23.9 Å². The molecule has 4 rings (SSSR count). The number of rotatable bonds is 6. The number of amides is 1. The standard InChI is InChI=1S/C24H19N3O6S/c1-32-23(30)15-8-9-16(24(31)33-2)18(10-15)26-20(28)12-27-13-25-21-17(22(27)29)11-19(34-21)14-6-4-3-5-7-14/h3-11,13H,12H2,1-2H3,(H,26,28). The highest BCUT2D eigenvalue weighted by atomic mass is 32.1. The van der Waals surface area contributed by atoms with Gasteiger partial charge in [0.25, 0.3) is 5.56 Å². The Morgan fingerprint density at radius 3 is 2.44 bits per heavy atom. The Hall–Kier alpha value is -4.31. The van der Waals surface area contributed by atoms with Crippen molar-refractivity contribution in [2.24, 2.45) is 0 Å². The first kappa shape index (κ1) is 22.9. The first-order chi connectivity index (χ1) is 16.4. The van der Waals surface area contributed by atoms with E-state index in [9.17, 15) is 19.2 Å². The molecule has 9 nitrogen and oxygen atoms in total. The number of aromatic nitrogens is 2. The van der Waals surface area contributed by atoms with Crippen LogP contribution in [0.4, 0.5) is 5.69 Å². The summed E-state index contributed by atoms with van der Waals surface area (Å²) in [4.78, 5) is 55.5. The molecule has 0 saturated heterocycles. The molecule has 0 aliphatic carbocycles. The maximum atomic E-state index is 13.0. The minimum atomic E-state index is -0.696. The van der Waals surface area contributed by atoms with Gasteiger partial charge in [0.2, 0.25) is 5.91 Å². The van der Waals surface area contributed by atoms with Crippen molar-refractivity contribution in [2.45, 2.75) is 6.54 Å². The van der Waals surface area contributed by atoms with Crippen LogP contribution >= 0.6 is 11.3 Å². The van der Waals surface area contributed by atoms with E-state index >= 15 is 0 Å². The summed E-state index contributed by atoms with van der Waals surface area (Å²) >= 11 is 1.39. The van der Waals surface area contributed by atoms with Crippen LogP contribution in [0.2, 0.25) is 0 Å². The third kappa shape index (κ3) is 4.57. The van der Waals surface area contributed by atoms with Gasteiger partial charge in [-0.15, -0.1) is 11.3 Å². The average molecular weight is 477 g/mol. The number of carbonyl (C=O) groups is 3. The zero-order valence-corrected chi connectivity index (χ0v) is 19.0. The Morgan fingerprint density at radius 2 is 1.74 bits per heavy atom. The Kier molecular flexibility index (Phi) is 6.51. The molecule has 0 saturated carbocycles. The van der Waals surface area contributed by atoms with Gasteiger partial charge in [0, 0.05) is 4.88 Å². The molecule has 0 atom stereocenters. The predicted molar refractivity (Wildman–Crippen MR) is 127 cm³/mol. The van der Waals surface area contributed by atoms with Gasteiger partial charge < -0.3 is 14.8 Å². The molecular weight excluding hydrogens is 458 g/mol. The number of esters is 2. The lowest BCUT2D eigenvalue weighted by Gasteiger charge is -2.12. The second-order valence-electron chi connectivity index (χ2n) is 7.16. The molecule has 0 aliphatic rings. The van der Waals surface area contributed by atoms with Crippen LogP contribution in [0.3, 0.4) is 0 Å². The molecule has 172 valence electrons. The summed E-state index contributed by atoms with van der Waals surface area (Å²) in [5.41, 5.74) is 0.848. The van der Waals surface area contributed by atoms with Crippen LogP contribution in [0.5, 0.6) is 0 Å². The number of nitrogens with one attached hydrogen (secondary N) is 1. The molecule has 1 amide bonds. The molecule has 0 radical (unpaired) electrons. The maximum Gasteiger partial charge on any atom is 0.339 e. The fourth-order valence-corrected chi connectivity index (χ4v) is 4.34. The van der Waals surface area contributed by atoms with Crippen molar-refractivity contribution in [1.82, 2.24) is 9.55 Å². The molecule has 34 heavy (non-hydrogen) atoms. The zero-order chi connectivity index (χ0) is 24.2. The summed E-state index contributed by atoms with van der Waals surface area (Å²) in [6.07, 6.45) is 1.31. The van der Waals surface area contributed by atoms with Gasteiger partial charge in [-0.25, -0.2) is 14.6 Å². The molecular formula is C24H19N3O6S. The monoisotopic (exact) mass is 477 g/mol. The summed E-state index contributed by atoms with van der Waals surface area (Å²) in [6, 6.07) is 15.4. The normalized spacial score (nSPS) is 10.6. The summed E-state index contributed by atoms with van der Waals surface area (Å²) in [5, 5.41) is 2.97. The van der Waals surface area contributed by atoms with E-state index in [2.05, 4.69) is 15.0 Å². The molecule has 2 heterocycles. The fourth-order valence-electron chi connectivity index (χ4n) is 3.34. The van der Waals surface area contributed by atoms with Gasteiger partial charge >= 0.3 is 11.9 Å². The Morgan fingerprint density at radius 1 is 1.00 bits per heavy atom. The van der Waals surface area contributed by atoms with Gasteiger partial charge in [0.1, 0.15) is 11.4 Å². The van der Waals surface area contributed by atoms with E-state index in [1.807, 2.05) is 30.3 Å². The Bertz CT molecular complexity index is 1460. The van der Waals surface area contributed by atoms with Crippen molar-refractivity contribution in [3.05, 3.63) is 82.4 Å². The number of ether oxygens (including phenoxy) is 2. The van der Waals surface area contributed by atoms with Crippen LogP contribution in [0.25, 0.3) is 20.7 Å². The predicted octanol–water partition coefficient (Wildman–Crippen LogP) is 3.34. The van der Waals surface area contributed by atoms with E-state index in [0.29, 0.717) is 10.2 Å². The van der Waals surface area contributed by atoms with Crippen molar-refractivity contribution in [3.63, 3.8) is 0 Å². The van der Waals surface area contributed by atoms with Crippen LogP contribution in [0, 0.1) is 0 Å². The van der Waals surface area contributed by atoms with Gasteiger partial charge in [-0.3, -0.25) is 14.2 Å². The van der Waals surface area contributed by atoms with E-state index in [4.69, 9.17) is 4.74 Å². The SMILES string of the molecule is COC(=O)c1ccc(C(=O)OC)c(NC(=O)Cn2cnc3sc(-c4ccccc4)cc3c2=O)c1. The number of methoxy groups -OCH3 is 2. The van der Waals surface area contributed by atoms with Crippen LogP contribution in [0.1, 0.15) is 20.7 Å². The highest BCUT2D eigenvalue weighted by Gasteiger charge is 2.18. The van der Waals surface area contributed by atoms with E-state index in [1.165, 1.54) is 54.6 Å². The molecule has 2 aromatic carbocycles. The third-order valence-corrected chi connectivity index (χ3v) is 6.10. The molecule has 0 fully saturated rings. The highest BCUT2D eigenvalue weighted by molar-refractivity contribution is 7.21. The van der Waals surface area contributed by atoms with Gasteiger partial charge in [0.05, 0.1) is 42.7 Å². The topological polar surface area (TPSA) is 117 Å². The number of benzene rings is 2. The van der Waals surface area contributed by atoms with Crippen LogP contribution in [-0.2, 0) is 20.8 Å². The van der Waals surface area contributed by atoms with Gasteiger partial charge in [-0.05, 0) is 29.8 Å². The fraction of sp³-hybridized carbons (Fsp3) is 0.125. The Balaban J connectivity index is 1.61.